The van der Waals surface area contributed by atoms with Gasteiger partial charge in [-0.1, -0.05) is 29.3 Å². The molecule has 2 aromatic rings. The molecule has 9 heteroatoms. The van der Waals surface area contributed by atoms with Crippen molar-refractivity contribution < 1.29 is 13.2 Å². The number of carbonyl (C=O) groups is 1. The minimum atomic E-state index is -3.57. The first-order valence-corrected chi connectivity index (χ1v) is 13.2. The normalized spacial score (nSPS) is 18.5. The molecule has 4 rings (SSSR count). The number of benzene rings is 1. The van der Waals surface area contributed by atoms with Crippen LogP contribution in [-0.2, 0) is 14.8 Å². The standard InChI is InChI=1S/C24H31ClN4O3S/c1-17-15-18(2)22(19(3)16-17)33(31,32)29-9-6-20(7-10-29)24(30)28-13-11-27(12-14-28)23-21(25)5-4-8-26-23/h4-5,8,15-16,20H,6-7,9-14H2,1-3H3. The molecule has 2 aliphatic rings. The Bertz CT molecular complexity index is 1120. The zero-order valence-corrected chi connectivity index (χ0v) is 21.0. The molecule has 0 atom stereocenters. The Morgan fingerprint density at radius 2 is 1.61 bits per heavy atom. The molecule has 3 heterocycles. The van der Waals surface area contributed by atoms with Crippen LogP contribution in [-0.4, -0.2) is 67.8 Å². The van der Waals surface area contributed by atoms with Crippen molar-refractivity contribution in [1.82, 2.24) is 14.2 Å². The highest BCUT2D eigenvalue weighted by Crippen LogP contribution is 2.30. The number of piperazine rings is 1. The van der Waals surface area contributed by atoms with Crippen molar-refractivity contribution >= 4 is 33.3 Å². The summed E-state index contributed by atoms with van der Waals surface area (Å²) in [6, 6.07) is 7.45. The minimum absolute atomic E-state index is 0.126. The molecule has 0 bridgehead atoms. The number of carbonyl (C=O) groups excluding carboxylic acids is 1. The fraction of sp³-hybridized carbons (Fsp3) is 0.500. The summed E-state index contributed by atoms with van der Waals surface area (Å²) in [5, 5.41) is 0.616. The van der Waals surface area contributed by atoms with Gasteiger partial charge in [-0.15, -0.1) is 0 Å². The van der Waals surface area contributed by atoms with Crippen molar-refractivity contribution in [1.29, 1.82) is 0 Å². The molecule has 1 aromatic carbocycles. The van der Waals surface area contributed by atoms with E-state index in [1.807, 2.05) is 43.9 Å². The summed E-state index contributed by atoms with van der Waals surface area (Å²) < 4.78 is 28.2. The van der Waals surface area contributed by atoms with E-state index in [2.05, 4.69) is 9.88 Å². The Hall–Kier alpha value is -2.16. The lowest BCUT2D eigenvalue weighted by Crippen LogP contribution is -2.52. The van der Waals surface area contributed by atoms with Crippen molar-refractivity contribution in [2.75, 3.05) is 44.2 Å². The van der Waals surface area contributed by atoms with Crippen LogP contribution in [0, 0.1) is 26.7 Å². The number of piperidine rings is 1. The summed E-state index contributed by atoms with van der Waals surface area (Å²) in [4.78, 5) is 21.9. The van der Waals surface area contributed by atoms with Crippen LogP contribution in [0.4, 0.5) is 5.82 Å². The van der Waals surface area contributed by atoms with E-state index in [0.29, 0.717) is 62.0 Å². The molecule has 33 heavy (non-hydrogen) atoms. The molecule has 0 spiro atoms. The van der Waals surface area contributed by atoms with Gasteiger partial charge in [0.25, 0.3) is 0 Å². The van der Waals surface area contributed by atoms with Crippen LogP contribution in [0.25, 0.3) is 0 Å². The Kier molecular flexibility index (Phi) is 6.98. The van der Waals surface area contributed by atoms with Gasteiger partial charge in [-0.2, -0.15) is 4.31 Å². The van der Waals surface area contributed by atoms with Gasteiger partial charge in [-0.25, -0.2) is 13.4 Å². The Morgan fingerprint density at radius 3 is 2.18 bits per heavy atom. The lowest BCUT2D eigenvalue weighted by molar-refractivity contribution is -0.137. The summed E-state index contributed by atoms with van der Waals surface area (Å²) in [5.74, 6) is 0.745. The first-order chi connectivity index (χ1) is 15.7. The van der Waals surface area contributed by atoms with Crippen molar-refractivity contribution in [3.8, 4) is 0 Å². The molecule has 1 amide bonds. The Morgan fingerprint density at radius 1 is 1.00 bits per heavy atom. The van der Waals surface area contributed by atoms with E-state index < -0.39 is 10.0 Å². The van der Waals surface area contributed by atoms with Crippen LogP contribution < -0.4 is 4.90 Å². The van der Waals surface area contributed by atoms with Crippen LogP contribution >= 0.6 is 11.6 Å². The molecule has 2 fully saturated rings. The summed E-state index contributed by atoms with van der Waals surface area (Å²) in [7, 11) is -3.57. The van der Waals surface area contributed by atoms with Gasteiger partial charge in [0, 0.05) is 51.4 Å². The largest absolute Gasteiger partial charge is 0.352 e. The molecule has 1 aromatic heterocycles. The van der Waals surface area contributed by atoms with Crippen molar-refractivity contribution in [2.24, 2.45) is 5.92 Å². The van der Waals surface area contributed by atoms with E-state index in [-0.39, 0.29) is 11.8 Å². The number of nitrogens with zero attached hydrogens (tertiary/aromatic N) is 4. The summed E-state index contributed by atoms with van der Waals surface area (Å²) in [6.45, 7) is 9.01. The zero-order chi connectivity index (χ0) is 23.8. The smallest absolute Gasteiger partial charge is 0.243 e. The number of halogens is 1. The van der Waals surface area contributed by atoms with Gasteiger partial charge in [0.05, 0.1) is 9.92 Å². The van der Waals surface area contributed by atoms with Gasteiger partial charge in [0.15, 0.2) is 0 Å². The Balaban J connectivity index is 1.36. The second kappa shape index (κ2) is 9.60. The number of hydrogen-bond donors (Lipinski definition) is 0. The van der Waals surface area contributed by atoms with E-state index in [0.717, 1.165) is 22.5 Å². The highest BCUT2D eigenvalue weighted by Gasteiger charge is 2.36. The molecule has 2 aliphatic heterocycles. The first-order valence-electron chi connectivity index (χ1n) is 11.4. The molecular formula is C24H31ClN4O3S. The predicted molar refractivity (Wildman–Crippen MR) is 130 cm³/mol. The van der Waals surface area contributed by atoms with Gasteiger partial charge >= 0.3 is 0 Å². The molecule has 0 unspecified atom stereocenters. The number of sulfonamides is 1. The number of hydrogen-bond acceptors (Lipinski definition) is 5. The maximum atomic E-state index is 13.3. The minimum Gasteiger partial charge on any atom is -0.352 e. The molecule has 0 radical (unpaired) electrons. The second-order valence-electron chi connectivity index (χ2n) is 9.03. The number of aromatic nitrogens is 1. The zero-order valence-electron chi connectivity index (χ0n) is 19.4. The van der Waals surface area contributed by atoms with E-state index in [4.69, 9.17) is 11.6 Å². The van der Waals surface area contributed by atoms with Crippen molar-refractivity contribution in [2.45, 2.75) is 38.5 Å². The maximum absolute atomic E-state index is 13.3. The fourth-order valence-corrected chi connectivity index (χ4v) is 7.18. The number of pyridine rings is 1. The second-order valence-corrected chi connectivity index (χ2v) is 11.3. The van der Waals surface area contributed by atoms with Crippen molar-refractivity contribution in [3.63, 3.8) is 0 Å². The molecule has 0 N–H and O–H groups in total. The average molecular weight is 491 g/mol. The van der Waals surface area contributed by atoms with Gasteiger partial charge in [0.2, 0.25) is 15.9 Å². The summed E-state index contributed by atoms with van der Waals surface area (Å²) in [6.07, 6.45) is 2.82. The highest BCUT2D eigenvalue weighted by atomic mass is 35.5. The quantitative estimate of drug-likeness (QED) is 0.656. The van der Waals surface area contributed by atoms with Crippen LogP contribution in [0.3, 0.4) is 0 Å². The van der Waals surface area contributed by atoms with Gasteiger partial charge in [-0.05, 0) is 56.9 Å². The number of amides is 1. The lowest BCUT2D eigenvalue weighted by atomic mass is 9.96. The first kappa shape index (κ1) is 24.0. The number of rotatable bonds is 4. The third kappa shape index (κ3) is 4.88. The molecule has 0 saturated carbocycles. The fourth-order valence-electron chi connectivity index (χ4n) is 5.05. The third-order valence-electron chi connectivity index (χ3n) is 6.64. The number of anilines is 1. The van der Waals surface area contributed by atoms with Gasteiger partial charge < -0.3 is 9.80 Å². The van der Waals surface area contributed by atoms with Gasteiger partial charge in [-0.3, -0.25) is 4.79 Å². The maximum Gasteiger partial charge on any atom is 0.243 e. The lowest BCUT2D eigenvalue weighted by Gasteiger charge is -2.39. The van der Waals surface area contributed by atoms with Crippen LogP contribution in [0.2, 0.25) is 5.02 Å². The highest BCUT2D eigenvalue weighted by molar-refractivity contribution is 7.89. The van der Waals surface area contributed by atoms with E-state index >= 15 is 0 Å². The molecule has 2 saturated heterocycles. The molecule has 0 aliphatic carbocycles. The summed E-state index contributed by atoms with van der Waals surface area (Å²) in [5.41, 5.74) is 2.60. The van der Waals surface area contributed by atoms with E-state index in [1.165, 1.54) is 0 Å². The van der Waals surface area contributed by atoms with E-state index in [9.17, 15) is 13.2 Å². The van der Waals surface area contributed by atoms with Crippen LogP contribution in [0.1, 0.15) is 29.5 Å². The van der Waals surface area contributed by atoms with Gasteiger partial charge in [0.1, 0.15) is 5.82 Å². The van der Waals surface area contributed by atoms with Crippen LogP contribution in [0.5, 0.6) is 0 Å². The predicted octanol–water partition coefficient (Wildman–Crippen LogP) is 3.41. The molecule has 7 nitrogen and oxygen atoms in total. The van der Waals surface area contributed by atoms with E-state index in [1.54, 1.807) is 16.6 Å². The van der Waals surface area contributed by atoms with Crippen LogP contribution in [0.15, 0.2) is 35.4 Å². The van der Waals surface area contributed by atoms with Crippen molar-refractivity contribution in [3.05, 3.63) is 52.2 Å². The SMILES string of the molecule is Cc1cc(C)c(S(=O)(=O)N2CCC(C(=O)N3CCN(c4ncccc4Cl)CC3)CC2)c(C)c1. The molecular weight excluding hydrogens is 460 g/mol. The third-order valence-corrected chi connectivity index (χ3v) is 9.14. The molecule has 178 valence electrons. The monoisotopic (exact) mass is 490 g/mol. The number of aryl methyl sites for hydroxylation is 3. The average Bonchev–Trinajstić information content (AvgIpc) is 2.78. The topological polar surface area (TPSA) is 73.8 Å². The summed E-state index contributed by atoms with van der Waals surface area (Å²) >= 11 is 6.26. The Labute approximate surface area is 201 Å².